The van der Waals surface area contributed by atoms with Crippen LogP contribution in [0, 0.1) is 11.8 Å². The Kier molecular flexibility index (Phi) is 15.7. The maximum absolute atomic E-state index is 14.7. The van der Waals surface area contributed by atoms with Crippen LogP contribution in [-0.2, 0) is 33.8 Å². The normalized spacial score (nSPS) is 16.1. The van der Waals surface area contributed by atoms with E-state index in [4.69, 9.17) is 14.2 Å². The number of fused-ring (bicyclic) bond motifs is 2. The van der Waals surface area contributed by atoms with Gasteiger partial charge >= 0.3 is 12.1 Å². The lowest BCUT2D eigenvalue weighted by Crippen LogP contribution is -2.59. The van der Waals surface area contributed by atoms with Crippen molar-refractivity contribution in [3.63, 3.8) is 0 Å². The third-order valence-corrected chi connectivity index (χ3v) is 12.8. The third kappa shape index (κ3) is 11.4. The van der Waals surface area contributed by atoms with Crippen molar-refractivity contribution >= 4 is 34.8 Å². The number of rotatable bonds is 20. The van der Waals surface area contributed by atoms with Crippen LogP contribution in [0.1, 0.15) is 57.2 Å². The van der Waals surface area contributed by atoms with Crippen molar-refractivity contribution in [1.29, 1.82) is 0 Å². The fourth-order valence-corrected chi connectivity index (χ4v) is 8.57. The van der Waals surface area contributed by atoms with Gasteiger partial charge in [-0.05, 0) is 70.3 Å². The molecule has 0 saturated carbocycles. The number of nitrogens with zero attached hydrogens (tertiary/aromatic N) is 4. The number of hydrazine groups is 1. The van der Waals surface area contributed by atoms with Crippen LogP contribution in [0.2, 0.25) is 0 Å². The van der Waals surface area contributed by atoms with Gasteiger partial charge in [0.15, 0.2) is 11.5 Å². The zero-order valence-electron chi connectivity index (χ0n) is 38.3. The van der Waals surface area contributed by atoms with E-state index in [1.165, 1.54) is 7.11 Å². The minimum atomic E-state index is -1.22. The highest BCUT2D eigenvalue weighted by molar-refractivity contribution is 5.89. The minimum Gasteiger partial charge on any atom is -0.454 e. The molecule has 0 aliphatic carbocycles. The van der Waals surface area contributed by atoms with Gasteiger partial charge in [0.25, 0.3) is 5.91 Å². The van der Waals surface area contributed by atoms with Crippen molar-refractivity contribution in [2.24, 2.45) is 11.8 Å². The number of aliphatic hydroxyl groups is 1. The molecular formula is C51H61N7O8. The first-order valence-electron chi connectivity index (χ1n) is 22.8. The van der Waals surface area contributed by atoms with Gasteiger partial charge in [-0.1, -0.05) is 119 Å². The number of nitrogens with one attached hydrogen (secondary N) is 3. The van der Waals surface area contributed by atoms with Crippen LogP contribution in [0.25, 0.3) is 22.0 Å². The Hall–Kier alpha value is -6.71. The van der Waals surface area contributed by atoms with E-state index in [1.54, 1.807) is 21.0 Å². The number of aliphatic hydroxyl groups excluding tert-OH is 1. The molecule has 4 N–H and O–H groups in total. The number of ether oxygens (including phenoxy) is 3. The summed E-state index contributed by atoms with van der Waals surface area (Å²) in [5, 5.41) is 20.7. The molecule has 7 rings (SSSR count). The SMILES string of the molecule is CC[C@H](C)[C@H](NC(=O)OC)C(=O)NN(Cc1ccc(-c2ccc3c(c2)OCO3)cc1)C[C@H](O)[C@H](Cc1ccccc1)NC(=O)[C@H]([C@@H](C)CC)N1CCN(Cc2ccnc3ccccc23)C1=O. The summed E-state index contributed by atoms with van der Waals surface area (Å²) in [5.41, 5.74) is 8.39. The van der Waals surface area contributed by atoms with Crippen LogP contribution < -0.4 is 25.5 Å². The van der Waals surface area contributed by atoms with Gasteiger partial charge < -0.3 is 39.8 Å². The molecule has 6 atom stereocenters. The first kappa shape index (κ1) is 47.3. The molecule has 1 aromatic heterocycles. The van der Waals surface area contributed by atoms with Crippen molar-refractivity contribution in [3.05, 3.63) is 126 Å². The number of benzene rings is 4. The monoisotopic (exact) mass is 899 g/mol. The minimum absolute atomic E-state index is 0.108. The van der Waals surface area contributed by atoms with E-state index in [0.29, 0.717) is 44.0 Å². The quantitative estimate of drug-likeness (QED) is 0.0618. The zero-order chi connectivity index (χ0) is 46.7. The van der Waals surface area contributed by atoms with E-state index in [9.17, 15) is 24.3 Å². The van der Waals surface area contributed by atoms with Gasteiger partial charge in [0.2, 0.25) is 12.7 Å². The molecule has 0 spiro atoms. The molecule has 348 valence electrons. The Morgan fingerprint density at radius 1 is 0.818 bits per heavy atom. The number of carbonyl (C=O) groups excluding carboxylic acids is 4. The second-order valence-corrected chi connectivity index (χ2v) is 17.2. The van der Waals surface area contributed by atoms with E-state index >= 15 is 0 Å². The summed E-state index contributed by atoms with van der Waals surface area (Å²) in [5.74, 6) is 0.0392. The van der Waals surface area contributed by atoms with Crippen molar-refractivity contribution in [3.8, 4) is 22.6 Å². The van der Waals surface area contributed by atoms with Crippen LogP contribution >= 0.6 is 0 Å². The summed E-state index contributed by atoms with van der Waals surface area (Å²) in [7, 11) is 1.24. The van der Waals surface area contributed by atoms with E-state index in [1.807, 2.05) is 131 Å². The molecule has 0 bridgehead atoms. The summed E-state index contributed by atoms with van der Waals surface area (Å²) in [6, 6.07) is 30.1. The topological polar surface area (TPSA) is 175 Å². The smallest absolute Gasteiger partial charge is 0.407 e. The number of methoxy groups -OCH3 is 1. The Morgan fingerprint density at radius 2 is 1.53 bits per heavy atom. The molecule has 5 aromatic rings. The molecule has 0 radical (unpaired) electrons. The number of amides is 5. The van der Waals surface area contributed by atoms with Gasteiger partial charge in [-0.2, -0.15) is 0 Å². The standard InChI is InChI=1S/C51H61N7O8/c1-6-33(3)46(54-50(62)64-5)48(60)55-57(29-36-17-19-37(20-18-36)38-21-22-44-45(28-38)66-32-65-44)31-43(59)42(27-35-13-9-8-10-14-35)53-49(61)47(34(4)7-2)58-26-25-56(51(58)63)30-39-23-24-52-41-16-12-11-15-40(39)41/h8-24,28,33-34,42-43,46-47,59H,6-7,25-27,29-32H2,1-5H3,(H,53,61)(H,54,62)(H,55,60)/t33-,34-,42-,43-,46-,47-/m0/s1. The van der Waals surface area contributed by atoms with Gasteiger partial charge in [0, 0.05) is 44.3 Å². The van der Waals surface area contributed by atoms with Gasteiger partial charge in [0.1, 0.15) is 12.1 Å². The largest absolute Gasteiger partial charge is 0.454 e. The van der Waals surface area contributed by atoms with Gasteiger partial charge in [-0.15, -0.1) is 0 Å². The number of urea groups is 1. The Bertz CT molecular complexity index is 2450. The van der Waals surface area contributed by atoms with Crippen LogP contribution in [0.3, 0.4) is 0 Å². The highest BCUT2D eigenvalue weighted by Crippen LogP contribution is 2.36. The molecule has 15 heteroatoms. The predicted octanol–water partition coefficient (Wildman–Crippen LogP) is 6.68. The molecule has 2 aliphatic rings. The van der Waals surface area contributed by atoms with Crippen molar-refractivity contribution < 1.29 is 38.5 Å². The molecule has 0 unspecified atom stereocenters. The Balaban J connectivity index is 1.13. The summed E-state index contributed by atoms with van der Waals surface area (Å²) >= 11 is 0. The molecule has 1 fully saturated rings. The maximum Gasteiger partial charge on any atom is 0.407 e. The number of para-hydroxylation sites is 1. The number of pyridine rings is 1. The fourth-order valence-electron chi connectivity index (χ4n) is 8.57. The summed E-state index contributed by atoms with van der Waals surface area (Å²) < 4.78 is 15.9. The van der Waals surface area contributed by atoms with Gasteiger partial charge in [-0.3, -0.25) is 20.0 Å². The van der Waals surface area contributed by atoms with E-state index in [2.05, 4.69) is 21.0 Å². The van der Waals surface area contributed by atoms with E-state index < -0.39 is 36.2 Å². The van der Waals surface area contributed by atoms with Crippen LogP contribution in [0.5, 0.6) is 11.5 Å². The fraction of sp³-hybridized carbons (Fsp3) is 0.392. The zero-order valence-corrected chi connectivity index (χ0v) is 38.3. The Morgan fingerprint density at radius 3 is 2.27 bits per heavy atom. The van der Waals surface area contributed by atoms with Crippen LogP contribution in [0.4, 0.5) is 9.59 Å². The molecule has 15 nitrogen and oxygen atoms in total. The highest BCUT2D eigenvalue weighted by atomic mass is 16.7. The number of hydrogen-bond donors (Lipinski definition) is 4. The molecule has 4 aromatic carbocycles. The third-order valence-electron chi connectivity index (χ3n) is 12.8. The lowest BCUT2D eigenvalue weighted by atomic mass is 9.95. The van der Waals surface area contributed by atoms with Crippen molar-refractivity contribution in [2.45, 2.75) is 84.3 Å². The molecule has 66 heavy (non-hydrogen) atoms. The second kappa shape index (κ2) is 22.0. The molecule has 5 amide bonds. The number of aromatic nitrogens is 1. The molecule has 2 aliphatic heterocycles. The predicted molar refractivity (Wildman–Crippen MR) is 251 cm³/mol. The molecule has 1 saturated heterocycles. The van der Waals surface area contributed by atoms with E-state index in [-0.39, 0.29) is 50.1 Å². The molecule has 3 heterocycles. The average Bonchev–Trinajstić information content (AvgIpc) is 3.96. The summed E-state index contributed by atoms with van der Waals surface area (Å²) in [6.45, 7) is 9.15. The number of carbonyl (C=O) groups is 4. The maximum atomic E-state index is 14.7. The van der Waals surface area contributed by atoms with E-state index in [0.717, 1.165) is 38.7 Å². The first-order valence-corrected chi connectivity index (χ1v) is 22.8. The summed E-state index contributed by atoms with van der Waals surface area (Å²) in [6.07, 6.45) is 1.27. The van der Waals surface area contributed by atoms with Gasteiger partial charge in [-0.25, -0.2) is 14.6 Å². The van der Waals surface area contributed by atoms with Crippen LogP contribution in [0.15, 0.2) is 109 Å². The van der Waals surface area contributed by atoms with Crippen molar-refractivity contribution in [2.75, 3.05) is 33.5 Å². The van der Waals surface area contributed by atoms with Crippen LogP contribution in [-0.4, -0.2) is 107 Å². The lowest BCUT2D eigenvalue weighted by Gasteiger charge is -2.35. The average molecular weight is 900 g/mol. The number of hydrogen-bond acceptors (Lipinski definition) is 10. The lowest BCUT2D eigenvalue weighted by molar-refractivity contribution is -0.132. The van der Waals surface area contributed by atoms with Crippen molar-refractivity contribution in [1.82, 2.24) is 35.9 Å². The summed E-state index contributed by atoms with van der Waals surface area (Å²) in [4.78, 5) is 63.3. The number of alkyl carbamates (subject to hydrolysis) is 1. The first-order chi connectivity index (χ1) is 32.0. The Labute approximate surface area is 386 Å². The molecular weight excluding hydrogens is 839 g/mol. The second-order valence-electron chi connectivity index (χ2n) is 17.2. The van der Waals surface area contributed by atoms with Gasteiger partial charge in [0.05, 0.1) is 24.8 Å². The highest BCUT2D eigenvalue weighted by Gasteiger charge is 2.41.